The van der Waals surface area contributed by atoms with E-state index in [0.29, 0.717) is 22.4 Å². The van der Waals surface area contributed by atoms with Gasteiger partial charge in [0.05, 0.1) is 25.5 Å². The number of halogens is 4. The van der Waals surface area contributed by atoms with Crippen molar-refractivity contribution in [3.05, 3.63) is 52.0 Å². The van der Waals surface area contributed by atoms with Crippen LogP contribution in [0.1, 0.15) is 36.8 Å². The molecule has 2 aromatic rings. The molecule has 2 aliphatic rings. The van der Waals surface area contributed by atoms with Crippen LogP contribution in [0.4, 0.5) is 23.7 Å². The molecule has 10 heteroatoms. The monoisotopic (exact) mass is 555 g/mol. The number of methoxy groups -OCH3 is 2. The number of nitrogens with one attached hydrogen (secondary N) is 2. The van der Waals surface area contributed by atoms with Gasteiger partial charge in [-0.25, -0.2) is 4.79 Å². The van der Waals surface area contributed by atoms with Gasteiger partial charge in [-0.15, -0.1) is 0 Å². The van der Waals surface area contributed by atoms with Crippen LogP contribution in [-0.2, 0) is 11.6 Å². The van der Waals surface area contributed by atoms with Crippen molar-refractivity contribution in [2.45, 2.75) is 49.4 Å². The van der Waals surface area contributed by atoms with E-state index in [2.05, 4.69) is 44.6 Å². The van der Waals surface area contributed by atoms with E-state index in [1.54, 1.807) is 14.2 Å². The SMILES string of the molecule is COc1ccc(C23CCC(NC(=O)Nc4ccc(Br)cc4C(F)(F)F)CC2N(C)CC3)cc1OC. The standard InChI is InChI=1S/C25H29BrF3N3O3/c1-32-11-10-24(15-4-7-20(34-2)21(12-15)35-3)9-8-17(14-22(24)32)30-23(33)31-19-6-5-16(26)13-18(19)25(27,28)29/h4-7,12-13,17,22H,8-11,14H2,1-3H3,(H2,30,31,33). The Morgan fingerprint density at radius 3 is 2.54 bits per heavy atom. The Morgan fingerprint density at radius 1 is 1.11 bits per heavy atom. The quantitative estimate of drug-likeness (QED) is 0.489. The van der Waals surface area contributed by atoms with E-state index >= 15 is 0 Å². The second kappa shape index (κ2) is 9.89. The Labute approximate surface area is 211 Å². The van der Waals surface area contributed by atoms with Crippen LogP contribution in [-0.4, -0.2) is 50.8 Å². The second-order valence-corrected chi connectivity index (χ2v) is 10.1. The largest absolute Gasteiger partial charge is 0.493 e. The molecule has 0 aromatic heterocycles. The Kier molecular flexibility index (Phi) is 7.24. The van der Waals surface area contributed by atoms with E-state index in [0.717, 1.165) is 31.9 Å². The fourth-order valence-electron chi connectivity index (χ4n) is 5.60. The summed E-state index contributed by atoms with van der Waals surface area (Å²) in [7, 11) is 5.30. The fourth-order valence-corrected chi connectivity index (χ4v) is 5.96. The fraction of sp³-hybridized carbons (Fsp3) is 0.480. The Balaban J connectivity index is 1.49. The normalized spacial score (nSPS) is 24.5. The number of carbonyl (C=O) groups excluding carboxylic acids is 1. The summed E-state index contributed by atoms with van der Waals surface area (Å²) in [6.07, 6.45) is -1.34. The summed E-state index contributed by atoms with van der Waals surface area (Å²) in [5.41, 5.74) is -0.0737. The number of rotatable bonds is 5. The van der Waals surface area contributed by atoms with Gasteiger partial charge in [-0.2, -0.15) is 13.2 Å². The predicted molar refractivity (Wildman–Crippen MR) is 131 cm³/mol. The van der Waals surface area contributed by atoms with Crippen molar-refractivity contribution in [1.82, 2.24) is 10.2 Å². The highest BCUT2D eigenvalue weighted by Crippen LogP contribution is 2.50. The van der Waals surface area contributed by atoms with Gasteiger partial charge in [0, 0.05) is 22.0 Å². The molecule has 35 heavy (non-hydrogen) atoms. The van der Waals surface area contributed by atoms with Crippen LogP contribution >= 0.6 is 15.9 Å². The van der Waals surface area contributed by atoms with E-state index in [1.165, 1.54) is 17.7 Å². The van der Waals surface area contributed by atoms with Gasteiger partial charge >= 0.3 is 12.2 Å². The predicted octanol–water partition coefficient (Wildman–Crippen LogP) is 5.80. The maximum atomic E-state index is 13.4. The summed E-state index contributed by atoms with van der Waals surface area (Å²) >= 11 is 3.06. The Bertz CT molecular complexity index is 1100. The molecule has 3 unspecified atom stereocenters. The lowest BCUT2D eigenvalue weighted by atomic mass is 9.65. The first-order valence-electron chi connectivity index (χ1n) is 11.4. The molecule has 2 N–H and O–H groups in total. The third-order valence-electron chi connectivity index (χ3n) is 7.36. The molecule has 2 amide bonds. The van der Waals surface area contributed by atoms with Crippen molar-refractivity contribution in [3.63, 3.8) is 0 Å². The second-order valence-electron chi connectivity index (χ2n) is 9.23. The third-order valence-corrected chi connectivity index (χ3v) is 7.85. The summed E-state index contributed by atoms with van der Waals surface area (Å²) < 4.78 is 51.5. The van der Waals surface area contributed by atoms with Crippen LogP contribution in [0, 0.1) is 0 Å². The number of hydrogen-bond donors (Lipinski definition) is 2. The summed E-state index contributed by atoms with van der Waals surface area (Å²) in [5.74, 6) is 1.36. The zero-order valence-corrected chi connectivity index (χ0v) is 21.4. The van der Waals surface area contributed by atoms with Crippen molar-refractivity contribution >= 4 is 27.6 Å². The number of likely N-dealkylation sites (tertiary alicyclic amines) is 1. The molecule has 1 saturated carbocycles. The first kappa shape index (κ1) is 25.6. The molecule has 1 saturated heterocycles. The van der Waals surface area contributed by atoms with Gasteiger partial charge < -0.3 is 25.0 Å². The smallest absolute Gasteiger partial charge is 0.418 e. The number of nitrogens with zero attached hydrogens (tertiary/aromatic N) is 1. The Morgan fingerprint density at radius 2 is 1.86 bits per heavy atom. The molecule has 0 radical (unpaired) electrons. The number of fused-ring (bicyclic) bond motifs is 1. The van der Waals surface area contributed by atoms with Gasteiger partial charge in [-0.05, 0) is 75.2 Å². The molecule has 6 nitrogen and oxygen atoms in total. The molecule has 4 rings (SSSR count). The van der Waals surface area contributed by atoms with Crippen LogP contribution in [0.25, 0.3) is 0 Å². The number of amides is 2. The lowest BCUT2D eigenvalue weighted by Crippen LogP contribution is -2.52. The average molecular weight is 556 g/mol. The maximum Gasteiger partial charge on any atom is 0.418 e. The molecule has 1 aliphatic carbocycles. The molecule has 1 aliphatic heterocycles. The first-order valence-corrected chi connectivity index (χ1v) is 12.2. The molecule has 2 aromatic carbocycles. The number of hydrogen-bond acceptors (Lipinski definition) is 4. The van der Waals surface area contributed by atoms with Crippen LogP contribution < -0.4 is 20.1 Å². The van der Waals surface area contributed by atoms with Gasteiger partial charge in [-0.1, -0.05) is 22.0 Å². The summed E-state index contributed by atoms with van der Waals surface area (Å²) in [5, 5.41) is 5.30. The van der Waals surface area contributed by atoms with Crippen molar-refractivity contribution in [2.75, 3.05) is 33.1 Å². The minimum atomic E-state index is -4.58. The lowest BCUT2D eigenvalue weighted by molar-refractivity contribution is -0.136. The first-order chi connectivity index (χ1) is 16.6. The van der Waals surface area contributed by atoms with Crippen LogP contribution in [0.5, 0.6) is 11.5 Å². The van der Waals surface area contributed by atoms with E-state index in [-0.39, 0.29) is 23.2 Å². The zero-order chi connectivity index (χ0) is 25.4. The summed E-state index contributed by atoms with van der Waals surface area (Å²) in [6, 6.07) is 9.11. The van der Waals surface area contributed by atoms with E-state index in [4.69, 9.17) is 9.47 Å². The Hall–Kier alpha value is -2.46. The molecule has 3 atom stereocenters. The van der Waals surface area contributed by atoms with Gasteiger partial charge in [-0.3, -0.25) is 0 Å². The summed E-state index contributed by atoms with van der Waals surface area (Å²) in [6.45, 7) is 0.922. The molecule has 0 bridgehead atoms. The van der Waals surface area contributed by atoms with Crippen LogP contribution in [0.2, 0.25) is 0 Å². The molecule has 1 heterocycles. The summed E-state index contributed by atoms with van der Waals surface area (Å²) in [4.78, 5) is 15.0. The topological polar surface area (TPSA) is 62.8 Å². The lowest BCUT2D eigenvalue weighted by Gasteiger charge is -2.45. The van der Waals surface area contributed by atoms with Gasteiger partial charge in [0.25, 0.3) is 0 Å². The molecular weight excluding hydrogens is 527 g/mol. The number of anilines is 1. The average Bonchev–Trinajstić information content (AvgIpc) is 3.16. The zero-order valence-electron chi connectivity index (χ0n) is 19.8. The van der Waals surface area contributed by atoms with Crippen molar-refractivity contribution in [2.24, 2.45) is 0 Å². The maximum absolute atomic E-state index is 13.4. The molecular formula is C25H29BrF3N3O3. The number of urea groups is 1. The van der Waals surface area contributed by atoms with Crippen molar-refractivity contribution in [3.8, 4) is 11.5 Å². The molecule has 190 valence electrons. The van der Waals surface area contributed by atoms with Crippen LogP contribution in [0.15, 0.2) is 40.9 Å². The minimum absolute atomic E-state index is 0.0852. The van der Waals surface area contributed by atoms with Crippen molar-refractivity contribution < 1.29 is 27.4 Å². The highest BCUT2D eigenvalue weighted by Gasteiger charge is 2.50. The number of alkyl halides is 3. The highest BCUT2D eigenvalue weighted by atomic mass is 79.9. The third kappa shape index (κ3) is 5.09. The van der Waals surface area contributed by atoms with Gasteiger partial charge in [0.1, 0.15) is 0 Å². The van der Waals surface area contributed by atoms with Crippen LogP contribution in [0.3, 0.4) is 0 Å². The molecule has 0 spiro atoms. The van der Waals surface area contributed by atoms with E-state index < -0.39 is 17.8 Å². The number of benzene rings is 2. The number of ether oxygens (including phenoxy) is 2. The van der Waals surface area contributed by atoms with E-state index in [1.807, 2.05) is 12.1 Å². The van der Waals surface area contributed by atoms with Gasteiger partial charge in [0.2, 0.25) is 0 Å². The van der Waals surface area contributed by atoms with Crippen molar-refractivity contribution in [1.29, 1.82) is 0 Å². The highest BCUT2D eigenvalue weighted by molar-refractivity contribution is 9.10. The van der Waals surface area contributed by atoms with Gasteiger partial charge in [0.15, 0.2) is 11.5 Å². The number of likely N-dealkylation sites (N-methyl/N-ethyl adjacent to an activating group) is 1. The molecule has 2 fully saturated rings. The minimum Gasteiger partial charge on any atom is -0.493 e. The van der Waals surface area contributed by atoms with E-state index in [9.17, 15) is 18.0 Å². The number of carbonyl (C=O) groups is 1.